The monoisotopic (exact) mass is 298 g/mol. The van der Waals surface area contributed by atoms with Crippen molar-refractivity contribution in [1.29, 1.82) is 0 Å². The van der Waals surface area contributed by atoms with Crippen LogP contribution in [0.3, 0.4) is 0 Å². The normalized spacial score (nSPS) is 23.9. The topological polar surface area (TPSA) is 75.2 Å². The maximum absolute atomic E-state index is 12.5. The highest BCUT2D eigenvalue weighted by Gasteiger charge is 2.35. The largest absolute Gasteiger partial charge is 0.354 e. The summed E-state index contributed by atoms with van der Waals surface area (Å²) in [6.45, 7) is 8.11. The van der Waals surface area contributed by atoms with E-state index in [1.54, 1.807) is 0 Å². The number of anilines is 1. The molecule has 0 amide bonds. The van der Waals surface area contributed by atoms with E-state index in [1.807, 2.05) is 6.92 Å². The van der Waals surface area contributed by atoms with Gasteiger partial charge in [0.15, 0.2) is 0 Å². The molecular weight excluding hydrogens is 276 g/mol. The summed E-state index contributed by atoms with van der Waals surface area (Å²) in [5.74, 6) is 1.24. The number of sulfonamides is 1. The van der Waals surface area contributed by atoms with Crippen LogP contribution in [0.5, 0.6) is 0 Å². The van der Waals surface area contributed by atoms with Crippen molar-refractivity contribution in [2.75, 3.05) is 25.0 Å². The minimum atomic E-state index is -3.46. The van der Waals surface area contributed by atoms with Gasteiger partial charge in [-0.05, 0) is 18.3 Å². The standard InChI is InChI=1S/C13H22N4O2S/c1-4-5-14-13-15-6-12(7-16-13)20(18,19)17-8-10(2)11(3)9-17/h6-7,10-11H,4-5,8-9H2,1-3H3,(H,14,15,16). The van der Waals surface area contributed by atoms with Crippen LogP contribution in [-0.4, -0.2) is 42.3 Å². The van der Waals surface area contributed by atoms with Gasteiger partial charge in [0.2, 0.25) is 16.0 Å². The second-order valence-corrected chi connectivity index (χ2v) is 7.38. The van der Waals surface area contributed by atoms with Crippen molar-refractivity contribution in [2.45, 2.75) is 32.1 Å². The summed E-state index contributed by atoms with van der Waals surface area (Å²) in [4.78, 5) is 8.30. The lowest BCUT2D eigenvalue weighted by atomic mass is 10.0. The Morgan fingerprint density at radius 3 is 2.30 bits per heavy atom. The Morgan fingerprint density at radius 1 is 1.25 bits per heavy atom. The number of rotatable bonds is 5. The van der Waals surface area contributed by atoms with Crippen molar-refractivity contribution < 1.29 is 8.42 Å². The quantitative estimate of drug-likeness (QED) is 0.893. The zero-order valence-corrected chi connectivity index (χ0v) is 13.0. The highest BCUT2D eigenvalue weighted by molar-refractivity contribution is 7.89. The molecule has 7 heteroatoms. The summed E-state index contributed by atoms with van der Waals surface area (Å²) in [6, 6.07) is 0. The van der Waals surface area contributed by atoms with E-state index in [1.165, 1.54) is 16.7 Å². The molecule has 0 radical (unpaired) electrons. The molecule has 2 heterocycles. The zero-order chi connectivity index (χ0) is 14.8. The summed E-state index contributed by atoms with van der Waals surface area (Å²) in [6.07, 6.45) is 3.73. The van der Waals surface area contributed by atoms with Crippen LogP contribution in [0.4, 0.5) is 5.95 Å². The van der Waals surface area contributed by atoms with Crippen LogP contribution in [0.15, 0.2) is 17.3 Å². The number of hydrogen-bond acceptors (Lipinski definition) is 5. The van der Waals surface area contributed by atoms with E-state index in [4.69, 9.17) is 0 Å². The van der Waals surface area contributed by atoms with Crippen LogP contribution in [-0.2, 0) is 10.0 Å². The first-order valence-electron chi connectivity index (χ1n) is 7.01. The number of nitrogens with zero attached hydrogens (tertiary/aromatic N) is 3. The molecule has 1 fully saturated rings. The highest BCUT2D eigenvalue weighted by atomic mass is 32.2. The van der Waals surface area contributed by atoms with E-state index in [9.17, 15) is 8.42 Å². The lowest BCUT2D eigenvalue weighted by Gasteiger charge is -2.15. The second-order valence-electron chi connectivity index (χ2n) is 5.45. The molecule has 20 heavy (non-hydrogen) atoms. The maximum atomic E-state index is 12.5. The first kappa shape index (κ1) is 15.2. The third-order valence-electron chi connectivity index (χ3n) is 3.75. The minimum absolute atomic E-state index is 0.167. The Labute approximate surface area is 120 Å². The Bertz CT molecular complexity index is 534. The van der Waals surface area contributed by atoms with Crippen molar-refractivity contribution in [3.8, 4) is 0 Å². The van der Waals surface area contributed by atoms with Gasteiger partial charge in [0.25, 0.3) is 0 Å². The fraction of sp³-hybridized carbons (Fsp3) is 0.692. The number of aromatic nitrogens is 2. The van der Waals surface area contributed by atoms with Gasteiger partial charge in [-0.25, -0.2) is 18.4 Å². The molecule has 0 aromatic carbocycles. The molecule has 0 aliphatic carbocycles. The predicted molar refractivity (Wildman–Crippen MR) is 77.9 cm³/mol. The molecule has 2 atom stereocenters. The fourth-order valence-electron chi connectivity index (χ4n) is 2.20. The Balaban J connectivity index is 2.14. The lowest BCUT2D eigenvalue weighted by Crippen LogP contribution is -2.29. The van der Waals surface area contributed by atoms with Crippen molar-refractivity contribution in [1.82, 2.24) is 14.3 Å². The first-order valence-corrected chi connectivity index (χ1v) is 8.45. The summed E-state index contributed by atoms with van der Waals surface area (Å²) in [5.41, 5.74) is 0. The average Bonchev–Trinajstić information content (AvgIpc) is 2.77. The molecule has 0 saturated carbocycles. The second kappa shape index (κ2) is 6.05. The van der Waals surface area contributed by atoms with Gasteiger partial charge in [-0.1, -0.05) is 20.8 Å². The maximum Gasteiger partial charge on any atom is 0.246 e. The SMILES string of the molecule is CCCNc1ncc(S(=O)(=O)N2CC(C)C(C)C2)cn1. The van der Waals surface area contributed by atoms with Crippen LogP contribution in [0.1, 0.15) is 27.2 Å². The van der Waals surface area contributed by atoms with Crippen molar-refractivity contribution in [3.63, 3.8) is 0 Å². The summed E-state index contributed by atoms with van der Waals surface area (Å²) in [7, 11) is -3.46. The van der Waals surface area contributed by atoms with Crippen LogP contribution in [0.25, 0.3) is 0 Å². The molecule has 2 rings (SSSR count). The van der Waals surface area contributed by atoms with E-state index >= 15 is 0 Å². The molecule has 112 valence electrons. The van der Waals surface area contributed by atoms with Gasteiger partial charge in [0.05, 0.1) is 12.4 Å². The molecule has 1 saturated heterocycles. The first-order chi connectivity index (χ1) is 9.45. The molecule has 6 nitrogen and oxygen atoms in total. The third kappa shape index (κ3) is 3.09. The van der Waals surface area contributed by atoms with Crippen LogP contribution >= 0.6 is 0 Å². The highest BCUT2D eigenvalue weighted by Crippen LogP contribution is 2.27. The molecule has 1 aliphatic heterocycles. The van der Waals surface area contributed by atoms with Gasteiger partial charge in [0.1, 0.15) is 4.90 Å². The summed E-state index contributed by atoms with van der Waals surface area (Å²) < 4.78 is 26.5. The van der Waals surface area contributed by atoms with Crippen LogP contribution in [0, 0.1) is 11.8 Å². The Kier molecular flexibility index (Phi) is 4.59. The van der Waals surface area contributed by atoms with Crippen molar-refractivity contribution >= 4 is 16.0 Å². The van der Waals surface area contributed by atoms with Crippen molar-refractivity contribution in [2.24, 2.45) is 11.8 Å². The van der Waals surface area contributed by atoms with Crippen LogP contribution < -0.4 is 5.32 Å². The van der Waals surface area contributed by atoms with Gasteiger partial charge in [-0.2, -0.15) is 4.31 Å². The van der Waals surface area contributed by atoms with E-state index in [0.717, 1.165) is 13.0 Å². The van der Waals surface area contributed by atoms with Crippen LogP contribution in [0.2, 0.25) is 0 Å². The summed E-state index contributed by atoms with van der Waals surface area (Å²) in [5, 5.41) is 3.03. The predicted octanol–water partition coefficient (Wildman–Crippen LogP) is 1.57. The number of hydrogen-bond donors (Lipinski definition) is 1. The third-order valence-corrected chi connectivity index (χ3v) is 5.54. The van der Waals surface area contributed by atoms with Gasteiger partial charge in [-0.15, -0.1) is 0 Å². The van der Waals surface area contributed by atoms with Gasteiger partial charge >= 0.3 is 0 Å². The zero-order valence-electron chi connectivity index (χ0n) is 12.2. The van der Waals surface area contributed by atoms with Gasteiger partial charge < -0.3 is 5.32 Å². The van der Waals surface area contributed by atoms with E-state index in [0.29, 0.717) is 30.9 Å². The minimum Gasteiger partial charge on any atom is -0.354 e. The van der Waals surface area contributed by atoms with Gasteiger partial charge in [-0.3, -0.25) is 0 Å². The average molecular weight is 298 g/mol. The van der Waals surface area contributed by atoms with E-state index in [2.05, 4.69) is 29.1 Å². The van der Waals surface area contributed by atoms with E-state index in [-0.39, 0.29) is 4.90 Å². The molecule has 2 unspecified atom stereocenters. The number of nitrogens with one attached hydrogen (secondary N) is 1. The molecule has 1 aliphatic rings. The van der Waals surface area contributed by atoms with Gasteiger partial charge in [0, 0.05) is 19.6 Å². The lowest BCUT2D eigenvalue weighted by molar-refractivity contribution is 0.462. The fourth-order valence-corrected chi connectivity index (χ4v) is 3.73. The molecule has 0 spiro atoms. The Hall–Kier alpha value is -1.21. The molecular formula is C13H22N4O2S. The smallest absolute Gasteiger partial charge is 0.246 e. The van der Waals surface area contributed by atoms with Crippen molar-refractivity contribution in [3.05, 3.63) is 12.4 Å². The summed E-state index contributed by atoms with van der Waals surface area (Å²) >= 11 is 0. The Morgan fingerprint density at radius 2 is 1.80 bits per heavy atom. The molecule has 1 aromatic heterocycles. The molecule has 1 N–H and O–H groups in total. The van der Waals surface area contributed by atoms with E-state index < -0.39 is 10.0 Å². The molecule has 1 aromatic rings. The molecule has 0 bridgehead atoms.